The van der Waals surface area contributed by atoms with Crippen LogP contribution in [-0.2, 0) is 6.42 Å². The fraction of sp³-hybridized carbons (Fsp3) is 0.188. The first-order valence-electron chi connectivity index (χ1n) is 6.02. The van der Waals surface area contributed by atoms with Crippen LogP contribution in [0.1, 0.15) is 27.0 Å². The second-order valence-corrected chi connectivity index (χ2v) is 5.43. The van der Waals surface area contributed by atoms with Crippen molar-refractivity contribution in [2.75, 3.05) is 0 Å². The summed E-state index contributed by atoms with van der Waals surface area (Å²) in [6.07, 6.45) is 0.268. The molecule has 3 heteroatoms. The van der Waals surface area contributed by atoms with Gasteiger partial charge in [-0.1, -0.05) is 41.4 Å². The number of carbonyl (C=O) groups excluding carboxylic acids is 1. The summed E-state index contributed by atoms with van der Waals surface area (Å²) >= 11 is 12.0. The molecule has 0 aliphatic carbocycles. The first-order valence-corrected chi connectivity index (χ1v) is 6.78. The highest BCUT2D eigenvalue weighted by atomic mass is 35.5. The summed E-state index contributed by atoms with van der Waals surface area (Å²) in [7, 11) is 0. The van der Waals surface area contributed by atoms with E-state index >= 15 is 0 Å². The van der Waals surface area contributed by atoms with Crippen LogP contribution in [0.3, 0.4) is 0 Å². The lowest BCUT2D eigenvalue weighted by atomic mass is 9.96. The Morgan fingerprint density at radius 1 is 1.11 bits per heavy atom. The number of hydrogen-bond donors (Lipinski definition) is 0. The van der Waals surface area contributed by atoms with Gasteiger partial charge in [-0.2, -0.15) is 0 Å². The molecule has 0 spiro atoms. The first kappa shape index (κ1) is 14.1. The third kappa shape index (κ3) is 3.17. The summed E-state index contributed by atoms with van der Waals surface area (Å²) in [6.45, 7) is 3.96. The summed E-state index contributed by atoms with van der Waals surface area (Å²) in [5.74, 6) is 0.0605. The fourth-order valence-electron chi connectivity index (χ4n) is 2.00. The maximum absolute atomic E-state index is 12.3. The van der Waals surface area contributed by atoms with E-state index in [2.05, 4.69) is 0 Å². The quantitative estimate of drug-likeness (QED) is 0.725. The Labute approximate surface area is 123 Å². The van der Waals surface area contributed by atoms with Gasteiger partial charge in [-0.25, -0.2) is 0 Å². The predicted octanol–water partition coefficient (Wildman–Crippen LogP) is 5.04. The van der Waals surface area contributed by atoms with Crippen LogP contribution in [0.2, 0.25) is 10.0 Å². The third-order valence-corrected chi connectivity index (χ3v) is 3.87. The van der Waals surface area contributed by atoms with Crippen LogP contribution < -0.4 is 0 Å². The molecule has 0 unspecified atom stereocenters. The highest BCUT2D eigenvalue weighted by molar-refractivity contribution is 6.33. The van der Waals surface area contributed by atoms with E-state index in [0.717, 1.165) is 22.3 Å². The van der Waals surface area contributed by atoms with Crippen molar-refractivity contribution in [3.05, 3.63) is 68.7 Å². The van der Waals surface area contributed by atoms with E-state index in [9.17, 15) is 4.79 Å². The molecule has 0 saturated carbocycles. The molecule has 1 nitrogen and oxygen atoms in total. The topological polar surface area (TPSA) is 17.1 Å². The standard InChI is InChI=1S/C16H14Cl2O/c1-10-4-3-5-14(11(10)2)16(19)9-12-8-13(17)6-7-15(12)18/h3-8H,9H2,1-2H3. The molecule has 0 aliphatic rings. The minimum absolute atomic E-state index is 0.0605. The Morgan fingerprint density at radius 2 is 1.84 bits per heavy atom. The highest BCUT2D eigenvalue weighted by Crippen LogP contribution is 2.23. The number of Topliss-reactive ketones (excluding diaryl/α,β-unsaturated/α-hetero) is 1. The van der Waals surface area contributed by atoms with Gasteiger partial charge >= 0.3 is 0 Å². The molecule has 0 atom stereocenters. The lowest BCUT2D eigenvalue weighted by Gasteiger charge is -2.09. The van der Waals surface area contributed by atoms with Crippen LogP contribution in [0.25, 0.3) is 0 Å². The van der Waals surface area contributed by atoms with Crippen molar-refractivity contribution in [1.29, 1.82) is 0 Å². The molecule has 0 bridgehead atoms. The molecule has 0 aliphatic heterocycles. The molecule has 0 radical (unpaired) electrons. The number of hydrogen-bond acceptors (Lipinski definition) is 1. The Balaban J connectivity index is 2.31. The van der Waals surface area contributed by atoms with E-state index in [1.165, 1.54) is 0 Å². The SMILES string of the molecule is Cc1cccc(C(=O)Cc2cc(Cl)ccc2Cl)c1C. The van der Waals surface area contributed by atoms with Gasteiger partial charge in [-0.05, 0) is 48.7 Å². The number of carbonyl (C=O) groups is 1. The average Bonchev–Trinajstić information content (AvgIpc) is 2.37. The lowest BCUT2D eigenvalue weighted by molar-refractivity contribution is 0.0992. The van der Waals surface area contributed by atoms with Gasteiger partial charge in [0.1, 0.15) is 0 Å². The summed E-state index contributed by atoms with van der Waals surface area (Å²) < 4.78 is 0. The van der Waals surface area contributed by atoms with Crippen LogP contribution in [-0.4, -0.2) is 5.78 Å². The molecule has 0 amide bonds. The van der Waals surface area contributed by atoms with Crippen LogP contribution in [0, 0.1) is 13.8 Å². The maximum Gasteiger partial charge on any atom is 0.167 e. The molecule has 0 fully saturated rings. The third-order valence-electron chi connectivity index (χ3n) is 3.26. The number of ketones is 1. The van der Waals surface area contributed by atoms with E-state index in [1.54, 1.807) is 18.2 Å². The van der Waals surface area contributed by atoms with E-state index in [-0.39, 0.29) is 12.2 Å². The molecule has 0 aromatic heterocycles. The van der Waals surface area contributed by atoms with Crippen LogP contribution in [0.15, 0.2) is 36.4 Å². The molecule has 0 N–H and O–H groups in total. The van der Waals surface area contributed by atoms with Crippen molar-refractivity contribution in [2.24, 2.45) is 0 Å². The summed E-state index contributed by atoms with van der Waals surface area (Å²) in [6, 6.07) is 10.9. The number of benzene rings is 2. The molecule has 0 saturated heterocycles. The van der Waals surface area contributed by atoms with Gasteiger partial charge in [-0.3, -0.25) is 4.79 Å². The molecule has 2 aromatic carbocycles. The molecule has 19 heavy (non-hydrogen) atoms. The van der Waals surface area contributed by atoms with Gasteiger partial charge in [0.15, 0.2) is 5.78 Å². The summed E-state index contributed by atoms with van der Waals surface area (Å²) in [5, 5.41) is 1.16. The smallest absolute Gasteiger partial charge is 0.167 e. The second kappa shape index (κ2) is 5.77. The van der Waals surface area contributed by atoms with Crippen LogP contribution >= 0.6 is 23.2 Å². The van der Waals surface area contributed by atoms with Gasteiger partial charge in [0.2, 0.25) is 0 Å². The molecule has 0 heterocycles. The van der Waals surface area contributed by atoms with E-state index in [1.807, 2.05) is 32.0 Å². The van der Waals surface area contributed by atoms with Crippen LogP contribution in [0.4, 0.5) is 0 Å². The van der Waals surface area contributed by atoms with Gasteiger partial charge in [0.05, 0.1) is 0 Å². The fourth-order valence-corrected chi connectivity index (χ4v) is 2.38. The minimum Gasteiger partial charge on any atom is -0.294 e. The van der Waals surface area contributed by atoms with Crippen molar-refractivity contribution in [3.8, 4) is 0 Å². The number of rotatable bonds is 3. The van der Waals surface area contributed by atoms with E-state index in [4.69, 9.17) is 23.2 Å². The Kier molecular flexibility index (Phi) is 4.28. The molecule has 98 valence electrons. The van der Waals surface area contributed by atoms with Gasteiger partial charge < -0.3 is 0 Å². The van der Waals surface area contributed by atoms with Gasteiger partial charge in [0, 0.05) is 22.0 Å². The molecule has 2 rings (SSSR count). The summed E-state index contributed by atoms with van der Waals surface area (Å²) in [4.78, 5) is 12.3. The molecule has 2 aromatic rings. The Hall–Kier alpha value is -1.31. The first-order chi connectivity index (χ1) is 8.99. The van der Waals surface area contributed by atoms with Crippen LogP contribution in [0.5, 0.6) is 0 Å². The van der Waals surface area contributed by atoms with Crippen molar-refractivity contribution < 1.29 is 4.79 Å². The van der Waals surface area contributed by atoms with E-state index in [0.29, 0.717) is 10.0 Å². The largest absolute Gasteiger partial charge is 0.294 e. The monoisotopic (exact) mass is 292 g/mol. The minimum atomic E-state index is 0.0605. The van der Waals surface area contributed by atoms with Gasteiger partial charge in [0.25, 0.3) is 0 Å². The lowest BCUT2D eigenvalue weighted by Crippen LogP contribution is -2.07. The zero-order valence-electron chi connectivity index (χ0n) is 10.8. The Morgan fingerprint density at radius 3 is 2.58 bits per heavy atom. The summed E-state index contributed by atoms with van der Waals surface area (Å²) in [5.41, 5.74) is 3.64. The number of aryl methyl sites for hydroxylation is 1. The maximum atomic E-state index is 12.3. The normalized spacial score (nSPS) is 10.5. The predicted molar refractivity (Wildman–Crippen MR) is 80.4 cm³/mol. The molecular formula is C16H14Cl2O. The van der Waals surface area contributed by atoms with E-state index < -0.39 is 0 Å². The average molecular weight is 293 g/mol. The van der Waals surface area contributed by atoms with Crippen molar-refractivity contribution >= 4 is 29.0 Å². The van der Waals surface area contributed by atoms with Crippen molar-refractivity contribution in [1.82, 2.24) is 0 Å². The van der Waals surface area contributed by atoms with Crippen molar-refractivity contribution in [3.63, 3.8) is 0 Å². The molecular weight excluding hydrogens is 279 g/mol. The Bertz CT molecular complexity index is 633. The van der Waals surface area contributed by atoms with Gasteiger partial charge in [-0.15, -0.1) is 0 Å². The van der Waals surface area contributed by atoms with Crippen molar-refractivity contribution in [2.45, 2.75) is 20.3 Å². The number of halogens is 2. The zero-order valence-corrected chi connectivity index (χ0v) is 12.3. The highest BCUT2D eigenvalue weighted by Gasteiger charge is 2.13. The zero-order chi connectivity index (χ0) is 14.0. The second-order valence-electron chi connectivity index (χ2n) is 4.58.